The van der Waals surface area contributed by atoms with Crippen molar-refractivity contribution in [2.24, 2.45) is 0 Å². The Bertz CT molecular complexity index is 533. The molecule has 1 aromatic heterocycles. The van der Waals surface area contributed by atoms with Gasteiger partial charge in [-0.15, -0.1) is 0 Å². The molecule has 0 fully saturated rings. The van der Waals surface area contributed by atoms with Crippen LogP contribution in [-0.4, -0.2) is 0 Å². The van der Waals surface area contributed by atoms with Gasteiger partial charge in [-0.1, -0.05) is 11.6 Å². The lowest BCUT2D eigenvalue weighted by Gasteiger charge is -1.99. The molecule has 72 valence electrons. The summed E-state index contributed by atoms with van der Waals surface area (Å²) in [6.07, 6.45) is 0. The van der Waals surface area contributed by atoms with Crippen molar-refractivity contribution in [3.05, 3.63) is 45.3 Å². The Morgan fingerprint density at radius 3 is 2.86 bits per heavy atom. The number of alkyl halides is 1. The molecule has 1 aromatic carbocycles. The summed E-state index contributed by atoms with van der Waals surface area (Å²) in [5.74, 6) is 0.0322. The van der Waals surface area contributed by atoms with Gasteiger partial charge in [-0.3, -0.25) is 4.79 Å². The van der Waals surface area contributed by atoms with Crippen LogP contribution in [0.3, 0.4) is 0 Å². The maximum absolute atomic E-state index is 12.3. The highest BCUT2D eigenvalue weighted by molar-refractivity contribution is 6.31. The minimum atomic E-state index is -0.784. The molecule has 0 spiro atoms. The molecule has 0 bridgehead atoms. The lowest BCUT2D eigenvalue weighted by Crippen LogP contribution is -2.01. The average Bonchev–Trinajstić information content (AvgIpc) is 2.19. The third kappa shape index (κ3) is 1.51. The molecule has 0 atom stereocenters. The Morgan fingerprint density at radius 1 is 1.36 bits per heavy atom. The summed E-state index contributed by atoms with van der Waals surface area (Å²) in [5.41, 5.74) is 0.0796. The minimum Gasteiger partial charge on any atom is -0.458 e. The zero-order valence-corrected chi connectivity index (χ0v) is 7.84. The van der Waals surface area contributed by atoms with Crippen molar-refractivity contribution in [2.45, 2.75) is 6.67 Å². The third-order valence-electron chi connectivity index (χ3n) is 1.87. The molecule has 2 nitrogen and oxygen atoms in total. The fourth-order valence-electron chi connectivity index (χ4n) is 1.24. The van der Waals surface area contributed by atoms with E-state index in [0.29, 0.717) is 16.0 Å². The molecule has 0 aliphatic rings. The van der Waals surface area contributed by atoms with Crippen LogP contribution >= 0.6 is 11.6 Å². The molecule has 1 heterocycles. The van der Waals surface area contributed by atoms with E-state index in [1.807, 2.05) is 0 Å². The van der Waals surface area contributed by atoms with Crippen molar-refractivity contribution < 1.29 is 8.81 Å². The Hall–Kier alpha value is -1.35. The average molecular weight is 213 g/mol. The van der Waals surface area contributed by atoms with Gasteiger partial charge >= 0.3 is 0 Å². The maximum atomic E-state index is 12.3. The molecule has 0 aliphatic heterocycles. The first kappa shape index (κ1) is 9.21. The SMILES string of the molecule is O=c1cc(CF)oc2ccc(Cl)cc12. The van der Waals surface area contributed by atoms with Crippen LogP contribution in [0.1, 0.15) is 5.76 Å². The number of hydrogen-bond donors (Lipinski definition) is 0. The fraction of sp³-hybridized carbons (Fsp3) is 0.100. The van der Waals surface area contributed by atoms with Crippen LogP contribution in [0.2, 0.25) is 5.02 Å². The van der Waals surface area contributed by atoms with E-state index in [4.69, 9.17) is 16.0 Å². The second kappa shape index (κ2) is 3.42. The van der Waals surface area contributed by atoms with Crippen molar-refractivity contribution in [1.29, 1.82) is 0 Å². The van der Waals surface area contributed by atoms with E-state index in [1.54, 1.807) is 12.1 Å². The second-order valence-electron chi connectivity index (χ2n) is 2.85. The van der Waals surface area contributed by atoms with E-state index in [2.05, 4.69) is 0 Å². The predicted octanol–water partition coefficient (Wildman–Crippen LogP) is 2.92. The lowest BCUT2D eigenvalue weighted by molar-refractivity contribution is 0.401. The summed E-state index contributed by atoms with van der Waals surface area (Å²) >= 11 is 5.71. The predicted molar refractivity (Wildman–Crippen MR) is 52.3 cm³/mol. The molecule has 14 heavy (non-hydrogen) atoms. The summed E-state index contributed by atoms with van der Waals surface area (Å²) in [5, 5.41) is 0.826. The number of rotatable bonds is 1. The first-order chi connectivity index (χ1) is 6.70. The molecule has 4 heteroatoms. The van der Waals surface area contributed by atoms with Gasteiger partial charge in [0, 0.05) is 11.1 Å². The number of hydrogen-bond acceptors (Lipinski definition) is 2. The molecular formula is C10H6ClFO2. The van der Waals surface area contributed by atoms with Crippen LogP contribution in [0.25, 0.3) is 11.0 Å². The smallest absolute Gasteiger partial charge is 0.193 e. The van der Waals surface area contributed by atoms with Gasteiger partial charge in [0.25, 0.3) is 0 Å². The molecule has 0 saturated carbocycles. The van der Waals surface area contributed by atoms with Crippen LogP contribution < -0.4 is 5.43 Å². The van der Waals surface area contributed by atoms with Gasteiger partial charge in [-0.2, -0.15) is 0 Å². The summed E-state index contributed by atoms with van der Waals surface area (Å²) in [7, 11) is 0. The molecule has 2 aromatic rings. The first-order valence-corrected chi connectivity index (χ1v) is 4.37. The largest absolute Gasteiger partial charge is 0.458 e. The zero-order chi connectivity index (χ0) is 10.1. The molecule has 0 N–H and O–H groups in total. The van der Waals surface area contributed by atoms with Crippen molar-refractivity contribution in [3.8, 4) is 0 Å². The number of fused-ring (bicyclic) bond motifs is 1. The van der Waals surface area contributed by atoms with Gasteiger partial charge in [-0.25, -0.2) is 4.39 Å². The third-order valence-corrected chi connectivity index (χ3v) is 2.11. The van der Waals surface area contributed by atoms with Gasteiger partial charge in [0.2, 0.25) is 0 Å². The molecule has 0 aliphatic carbocycles. The van der Waals surface area contributed by atoms with Gasteiger partial charge in [0.05, 0.1) is 5.39 Å². The molecule has 0 unspecified atom stereocenters. The van der Waals surface area contributed by atoms with Gasteiger partial charge < -0.3 is 4.42 Å². The summed E-state index contributed by atoms with van der Waals surface area (Å²) in [6, 6.07) is 5.79. The van der Waals surface area contributed by atoms with Crippen LogP contribution in [0.4, 0.5) is 4.39 Å². The summed E-state index contributed by atoms with van der Waals surface area (Å²) in [4.78, 5) is 11.4. The highest BCUT2D eigenvalue weighted by atomic mass is 35.5. The van der Waals surface area contributed by atoms with E-state index in [0.717, 1.165) is 6.07 Å². The molecular weight excluding hydrogens is 207 g/mol. The van der Waals surface area contributed by atoms with E-state index >= 15 is 0 Å². The van der Waals surface area contributed by atoms with Crippen LogP contribution in [-0.2, 0) is 6.67 Å². The number of halogens is 2. The summed E-state index contributed by atoms with van der Waals surface area (Å²) < 4.78 is 17.4. The Kier molecular flexibility index (Phi) is 2.25. The quantitative estimate of drug-likeness (QED) is 0.728. The fourth-order valence-corrected chi connectivity index (χ4v) is 1.42. The van der Waals surface area contributed by atoms with Crippen molar-refractivity contribution in [2.75, 3.05) is 0 Å². The van der Waals surface area contributed by atoms with Crippen LogP contribution in [0.15, 0.2) is 33.5 Å². The normalized spacial score (nSPS) is 10.7. The van der Waals surface area contributed by atoms with E-state index in [-0.39, 0.29) is 11.2 Å². The lowest BCUT2D eigenvalue weighted by atomic mass is 10.2. The standard InChI is InChI=1S/C10H6ClFO2/c11-6-1-2-10-8(3-6)9(13)4-7(5-12)14-10/h1-4H,5H2. The monoisotopic (exact) mass is 212 g/mol. The van der Waals surface area contributed by atoms with E-state index in [9.17, 15) is 9.18 Å². The van der Waals surface area contributed by atoms with Crippen LogP contribution in [0.5, 0.6) is 0 Å². The highest BCUT2D eigenvalue weighted by Gasteiger charge is 2.04. The minimum absolute atomic E-state index is 0.0322. The maximum Gasteiger partial charge on any atom is 0.193 e. The van der Waals surface area contributed by atoms with Gasteiger partial charge in [-0.05, 0) is 18.2 Å². The molecule has 0 amide bonds. The Balaban J connectivity index is 2.83. The summed E-state index contributed by atoms with van der Waals surface area (Å²) in [6.45, 7) is -0.784. The zero-order valence-electron chi connectivity index (χ0n) is 7.09. The topological polar surface area (TPSA) is 30.2 Å². The molecule has 0 saturated heterocycles. The van der Waals surface area contributed by atoms with Crippen molar-refractivity contribution in [1.82, 2.24) is 0 Å². The van der Waals surface area contributed by atoms with Crippen molar-refractivity contribution >= 4 is 22.6 Å². The van der Waals surface area contributed by atoms with Gasteiger partial charge in [0.15, 0.2) is 5.43 Å². The van der Waals surface area contributed by atoms with Crippen LogP contribution in [0, 0.1) is 0 Å². The Morgan fingerprint density at radius 2 is 2.14 bits per heavy atom. The number of benzene rings is 1. The van der Waals surface area contributed by atoms with E-state index < -0.39 is 6.67 Å². The van der Waals surface area contributed by atoms with Crippen molar-refractivity contribution in [3.63, 3.8) is 0 Å². The van der Waals surface area contributed by atoms with E-state index in [1.165, 1.54) is 6.07 Å². The second-order valence-corrected chi connectivity index (χ2v) is 3.29. The molecule has 0 radical (unpaired) electrons. The molecule has 2 rings (SSSR count). The Labute approximate surface area is 83.9 Å². The first-order valence-electron chi connectivity index (χ1n) is 3.99. The highest BCUT2D eigenvalue weighted by Crippen LogP contribution is 2.17. The van der Waals surface area contributed by atoms with Gasteiger partial charge in [0.1, 0.15) is 18.0 Å².